The summed E-state index contributed by atoms with van der Waals surface area (Å²) in [5, 5.41) is 0. The van der Waals surface area contributed by atoms with Crippen molar-refractivity contribution < 1.29 is 8.76 Å². The van der Waals surface area contributed by atoms with Crippen LogP contribution in [0.2, 0.25) is 0 Å². The maximum Gasteiger partial charge on any atom is 0.260 e. The smallest absolute Gasteiger partial charge is 0.260 e. The maximum absolute atomic E-state index is 10.1. The van der Waals surface area contributed by atoms with Crippen LogP contribution in [0.3, 0.4) is 0 Å². The molecule has 1 aromatic heterocycles. The molecular formula is C4H5N3O2S. The second kappa shape index (κ2) is 3.23. The molecule has 0 fully saturated rings. The van der Waals surface area contributed by atoms with Gasteiger partial charge in [-0.25, -0.2) is 14.2 Å². The molecule has 2 N–H and O–H groups in total. The van der Waals surface area contributed by atoms with E-state index in [4.69, 9.17) is 4.55 Å². The Morgan fingerprint density at radius 1 is 1.70 bits per heavy atom. The summed E-state index contributed by atoms with van der Waals surface area (Å²) in [6.45, 7) is 0. The third kappa shape index (κ3) is 2.08. The summed E-state index contributed by atoms with van der Waals surface area (Å²) in [7, 11) is 0. The van der Waals surface area contributed by atoms with Crippen LogP contribution < -0.4 is 4.72 Å². The first-order valence-electron chi connectivity index (χ1n) is 2.42. The Kier molecular flexibility index (Phi) is 2.30. The van der Waals surface area contributed by atoms with Crippen molar-refractivity contribution in [1.82, 2.24) is 9.97 Å². The number of aromatic nitrogens is 2. The van der Waals surface area contributed by atoms with Gasteiger partial charge in [0.05, 0.1) is 0 Å². The Bertz CT molecular complexity index is 227. The summed E-state index contributed by atoms with van der Waals surface area (Å²) in [6, 6.07) is 1.49. The van der Waals surface area contributed by atoms with Crippen molar-refractivity contribution in [2.45, 2.75) is 0 Å². The van der Waals surface area contributed by atoms with Gasteiger partial charge in [0.2, 0.25) is 0 Å². The van der Waals surface area contributed by atoms with Crippen LogP contribution in [0.1, 0.15) is 0 Å². The highest BCUT2D eigenvalue weighted by Crippen LogP contribution is 1.96. The van der Waals surface area contributed by atoms with Gasteiger partial charge in [-0.3, -0.25) is 9.27 Å². The van der Waals surface area contributed by atoms with Gasteiger partial charge in [-0.05, 0) is 6.07 Å². The van der Waals surface area contributed by atoms with Gasteiger partial charge < -0.3 is 0 Å². The summed E-state index contributed by atoms with van der Waals surface area (Å²) in [4.78, 5) is 7.26. The highest BCUT2D eigenvalue weighted by atomic mass is 32.2. The molecule has 54 valence electrons. The van der Waals surface area contributed by atoms with Gasteiger partial charge in [0.15, 0.2) is 0 Å². The molecule has 0 aliphatic heterocycles. The molecule has 1 unspecified atom stereocenters. The molecular weight excluding hydrogens is 154 g/mol. The van der Waals surface area contributed by atoms with Gasteiger partial charge in [-0.15, -0.1) is 0 Å². The predicted octanol–water partition coefficient (Wildman–Crippen LogP) is 0.0252. The van der Waals surface area contributed by atoms with Crippen molar-refractivity contribution in [1.29, 1.82) is 0 Å². The first-order valence-corrected chi connectivity index (χ1v) is 3.53. The Morgan fingerprint density at radius 2 is 2.50 bits per heavy atom. The quantitative estimate of drug-likeness (QED) is 0.597. The molecule has 0 spiro atoms. The number of nitrogens with zero attached hydrogens (tertiary/aromatic N) is 2. The average Bonchev–Trinajstić information content (AvgIpc) is 1.88. The molecule has 10 heavy (non-hydrogen) atoms. The highest BCUT2D eigenvalue weighted by molar-refractivity contribution is 7.80. The fourth-order valence-corrected chi connectivity index (χ4v) is 0.740. The molecule has 0 saturated heterocycles. The minimum Gasteiger partial charge on any atom is -0.289 e. The van der Waals surface area contributed by atoms with Crippen LogP contribution in [-0.4, -0.2) is 18.7 Å². The maximum atomic E-state index is 10.1. The summed E-state index contributed by atoms with van der Waals surface area (Å²) >= 11 is -2.06. The molecule has 1 rings (SSSR count). The standard InChI is InChI=1S/C4H5N3O2S/c8-10(9)7-4-1-2-5-3-6-4/h1-3H,(H,8,9)(H,5,6,7). The summed E-state index contributed by atoms with van der Waals surface area (Å²) < 4.78 is 20.6. The van der Waals surface area contributed by atoms with E-state index in [1.807, 2.05) is 0 Å². The summed E-state index contributed by atoms with van der Waals surface area (Å²) in [5.74, 6) is 0.329. The molecule has 1 heterocycles. The first kappa shape index (κ1) is 7.10. The second-order valence-electron chi connectivity index (χ2n) is 1.45. The van der Waals surface area contributed by atoms with Gasteiger partial charge in [-0.1, -0.05) is 0 Å². The van der Waals surface area contributed by atoms with Crippen LogP contribution in [0.25, 0.3) is 0 Å². The number of hydrogen-bond donors (Lipinski definition) is 2. The zero-order chi connectivity index (χ0) is 7.40. The third-order valence-electron chi connectivity index (χ3n) is 0.774. The largest absolute Gasteiger partial charge is 0.289 e. The Balaban J connectivity index is 2.67. The normalized spacial score (nSPS) is 12.5. The molecule has 0 aliphatic rings. The molecule has 0 aliphatic carbocycles. The van der Waals surface area contributed by atoms with E-state index in [9.17, 15) is 4.21 Å². The highest BCUT2D eigenvalue weighted by Gasteiger charge is 1.92. The van der Waals surface area contributed by atoms with Crippen molar-refractivity contribution >= 4 is 17.1 Å². The van der Waals surface area contributed by atoms with E-state index in [1.54, 1.807) is 0 Å². The van der Waals surface area contributed by atoms with Gasteiger partial charge in [-0.2, -0.15) is 0 Å². The van der Waals surface area contributed by atoms with E-state index in [0.717, 1.165) is 0 Å². The first-order chi connectivity index (χ1) is 4.79. The predicted molar refractivity (Wildman–Crippen MR) is 36.4 cm³/mol. The van der Waals surface area contributed by atoms with E-state index < -0.39 is 11.3 Å². The van der Waals surface area contributed by atoms with Crippen molar-refractivity contribution in [2.24, 2.45) is 0 Å². The van der Waals surface area contributed by atoms with Gasteiger partial charge in [0.25, 0.3) is 11.3 Å². The van der Waals surface area contributed by atoms with Gasteiger partial charge in [0, 0.05) is 6.20 Å². The fraction of sp³-hybridized carbons (Fsp3) is 0. The zero-order valence-electron chi connectivity index (χ0n) is 4.89. The van der Waals surface area contributed by atoms with Crippen LogP contribution in [-0.2, 0) is 11.3 Å². The summed E-state index contributed by atoms with van der Waals surface area (Å²) in [5.41, 5.74) is 0. The molecule has 1 atom stereocenters. The Morgan fingerprint density at radius 3 is 3.00 bits per heavy atom. The van der Waals surface area contributed by atoms with Crippen LogP contribution in [0, 0.1) is 0 Å². The monoisotopic (exact) mass is 159 g/mol. The summed E-state index contributed by atoms with van der Waals surface area (Å²) in [6.07, 6.45) is 2.76. The van der Waals surface area contributed by atoms with Crippen LogP contribution in [0.5, 0.6) is 0 Å². The van der Waals surface area contributed by atoms with Crippen molar-refractivity contribution in [3.8, 4) is 0 Å². The molecule has 5 nitrogen and oxygen atoms in total. The van der Waals surface area contributed by atoms with Crippen LogP contribution in [0.4, 0.5) is 5.82 Å². The molecule has 1 aromatic rings. The van der Waals surface area contributed by atoms with E-state index in [-0.39, 0.29) is 0 Å². The van der Waals surface area contributed by atoms with Crippen LogP contribution >= 0.6 is 0 Å². The Hall–Kier alpha value is -1.01. The van der Waals surface area contributed by atoms with Crippen molar-refractivity contribution in [2.75, 3.05) is 4.72 Å². The lowest BCUT2D eigenvalue weighted by molar-refractivity contribution is 0.570. The van der Waals surface area contributed by atoms with Gasteiger partial charge >= 0.3 is 0 Å². The lowest BCUT2D eigenvalue weighted by atomic mass is 10.6. The number of hydrogen-bond acceptors (Lipinski definition) is 3. The van der Waals surface area contributed by atoms with E-state index in [0.29, 0.717) is 5.82 Å². The molecule has 0 radical (unpaired) electrons. The second-order valence-corrected chi connectivity index (χ2v) is 2.15. The number of anilines is 1. The third-order valence-corrected chi connectivity index (χ3v) is 1.16. The van der Waals surface area contributed by atoms with E-state index in [1.165, 1.54) is 18.6 Å². The van der Waals surface area contributed by atoms with Gasteiger partial charge in [0.1, 0.15) is 12.1 Å². The minimum atomic E-state index is -2.06. The number of nitrogens with one attached hydrogen (secondary N) is 1. The molecule has 0 aromatic carbocycles. The lowest BCUT2D eigenvalue weighted by Gasteiger charge is -1.95. The van der Waals surface area contributed by atoms with E-state index in [2.05, 4.69) is 14.7 Å². The number of rotatable bonds is 2. The topological polar surface area (TPSA) is 75.1 Å². The lowest BCUT2D eigenvalue weighted by Crippen LogP contribution is -2.03. The van der Waals surface area contributed by atoms with Crippen molar-refractivity contribution in [3.05, 3.63) is 18.6 Å². The Labute approximate surface area is 59.9 Å². The average molecular weight is 159 g/mol. The van der Waals surface area contributed by atoms with E-state index >= 15 is 0 Å². The fourth-order valence-electron chi connectivity index (χ4n) is 0.441. The molecule has 0 bridgehead atoms. The zero-order valence-corrected chi connectivity index (χ0v) is 5.71. The SMILES string of the molecule is O=S(O)Nc1ccncn1. The molecule has 0 amide bonds. The minimum absolute atomic E-state index is 0.329. The molecule has 0 saturated carbocycles. The van der Waals surface area contributed by atoms with Crippen molar-refractivity contribution in [3.63, 3.8) is 0 Å². The molecule has 6 heteroatoms. The van der Waals surface area contributed by atoms with Crippen LogP contribution in [0.15, 0.2) is 18.6 Å².